The second-order valence-corrected chi connectivity index (χ2v) is 6.67. The topological polar surface area (TPSA) is 76.1 Å². The van der Waals surface area contributed by atoms with Gasteiger partial charge in [0.05, 0.1) is 5.25 Å². The van der Waals surface area contributed by atoms with Gasteiger partial charge in [0.25, 0.3) is 5.91 Å². The minimum absolute atomic E-state index is 0.120. The highest BCUT2D eigenvalue weighted by Crippen LogP contribution is 2.16. The summed E-state index contributed by atoms with van der Waals surface area (Å²) in [4.78, 5) is 16.1. The van der Waals surface area contributed by atoms with Gasteiger partial charge in [0.2, 0.25) is 10.0 Å². The summed E-state index contributed by atoms with van der Waals surface area (Å²) in [7, 11) is -3.67. The van der Waals surface area contributed by atoms with E-state index in [9.17, 15) is 13.2 Å². The summed E-state index contributed by atoms with van der Waals surface area (Å²) < 4.78 is 25.9. The van der Waals surface area contributed by atoms with E-state index in [0.29, 0.717) is 11.8 Å². The van der Waals surface area contributed by atoms with E-state index in [1.807, 2.05) is 12.1 Å². The highest BCUT2D eigenvalue weighted by atomic mass is 32.2. The molecule has 106 valence electrons. The number of rotatable bonds is 4. The summed E-state index contributed by atoms with van der Waals surface area (Å²) in [6.07, 6.45) is 1.93. The third-order valence-corrected chi connectivity index (χ3v) is 5.09. The molecule has 0 fully saturated rings. The molecular weight excluding hydrogens is 276 g/mol. The molecule has 1 aromatic heterocycles. The summed E-state index contributed by atoms with van der Waals surface area (Å²) >= 11 is 0. The normalized spacial score (nSPS) is 13.1. The molecule has 1 unspecified atom stereocenters. The van der Waals surface area contributed by atoms with E-state index in [2.05, 4.69) is 9.71 Å². The number of carbonyl (C=O) groups excluding carboxylic acids is 1. The van der Waals surface area contributed by atoms with Gasteiger partial charge in [-0.3, -0.25) is 9.78 Å². The minimum Gasteiger partial charge on any atom is -0.266 e. The second kappa shape index (κ2) is 5.58. The number of pyridine rings is 1. The van der Waals surface area contributed by atoms with Crippen LogP contribution in [0.4, 0.5) is 0 Å². The van der Waals surface area contributed by atoms with E-state index < -0.39 is 21.2 Å². The lowest BCUT2D eigenvalue weighted by Crippen LogP contribution is -2.37. The van der Waals surface area contributed by atoms with E-state index in [0.717, 1.165) is 5.39 Å². The third kappa shape index (κ3) is 2.80. The van der Waals surface area contributed by atoms with Gasteiger partial charge in [-0.05, 0) is 24.8 Å². The predicted molar refractivity (Wildman–Crippen MR) is 77.9 cm³/mol. The highest BCUT2D eigenvalue weighted by molar-refractivity contribution is 7.90. The number of benzene rings is 1. The Balaban J connectivity index is 2.38. The van der Waals surface area contributed by atoms with Crippen LogP contribution in [0.1, 0.15) is 30.8 Å². The number of sulfonamides is 1. The molecule has 0 spiro atoms. The number of hydrogen-bond acceptors (Lipinski definition) is 4. The number of nitrogens with one attached hydrogen (secondary N) is 1. The van der Waals surface area contributed by atoms with Gasteiger partial charge in [0.15, 0.2) is 0 Å². The van der Waals surface area contributed by atoms with Crippen molar-refractivity contribution in [2.24, 2.45) is 0 Å². The van der Waals surface area contributed by atoms with E-state index in [1.165, 1.54) is 6.20 Å². The van der Waals surface area contributed by atoms with Crippen LogP contribution in [-0.4, -0.2) is 24.6 Å². The number of carbonyl (C=O) groups is 1. The highest BCUT2D eigenvalue weighted by Gasteiger charge is 2.23. The van der Waals surface area contributed by atoms with Crippen molar-refractivity contribution in [3.8, 4) is 0 Å². The molecule has 6 heteroatoms. The molecule has 1 N–H and O–H groups in total. The lowest BCUT2D eigenvalue weighted by atomic mass is 10.1. The quantitative estimate of drug-likeness (QED) is 0.936. The molecule has 2 rings (SSSR count). The van der Waals surface area contributed by atoms with Crippen LogP contribution in [0.5, 0.6) is 0 Å². The van der Waals surface area contributed by atoms with Crippen molar-refractivity contribution in [1.29, 1.82) is 0 Å². The van der Waals surface area contributed by atoms with Crippen LogP contribution < -0.4 is 4.72 Å². The molecule has 1 atom stereocenters. The first-order valence-corrected chi connectivity index (χ1v) is 7.90. The summed E-state index contributed by atoms with van der Waals surface area (Å²) in [5, 5.41) is 0.849. The minimum atomic E-state index is -3.67. The largest absolute Gasteiger partial charge is 0.283 e. The van der Waals surface area contributed by atoms with Gasteiger partial charge in [-0.15, -0.1) is 0 Å². The first-order valence-electron chi connectivity index (χ1n) is 6.35. The van der Waals surface area contributed by atoms with Gasteiger partial charge in [-0.25, -0.2) is 13.1 Å². The lowest BCUT2D eigenvalue weighted by molar-refractivity contribution is 0.0978. The molecule has 1 heterocycles. The van der Waals surface area contributed by atoms with E-state index in [1.54, 1.807) is 32.0 Å². The summed E-state index contributed by atoms with van der Waals surface area (Å²) in [5.41, 5.74) is 0.120. The first-order chi connectivity index (χ1) is 9.45. The monoisotopic (exact) mass is 292 g/mol. The Morgan fingerprint density at radius 3 is 2.70 bits per heavy atom. The molecule has 0 aliphatic carbocycles. The van der Waals surface area contributed by atoms with Crippen molar-refractivity contribution in [2.75, 3.05) is 0 Å². The molecular formula is C14H16N2O3S. The van der Waals surface area contributed by atoms with Crippen LogP contribution in [0.3, 0.4) is 0 Å². The Hall–Kier alpha value is -1.95. The van der Waals surface area contributed by atoms with Gasteiger partial charge in [-0.2, -0.15) is 0 Å². The Labute approximate surface area is 118 Å². The average Bonchev–Trinajstić information content (AvgIpc) is 2.45. The van der Waals surface area contributed by atoms with Crippen LogP contribution in [0.2, 0.25) is 0 Å². The molecule has 20 heavy (non-hydrogen) atoms. The fourth-order valence-electron chi connectivity index (χ4n) is 1.80. The molecule has 0 bridgehead atoms. The Morgan fingerprint density at radius 2 is 2.00 bits per heavy atom. The van der Waals surface area contributed by atoms with E-state index in [4.69, 9.17) is 0 Å². The smallest absolute Gasteiger partial charge is 0.266 e. The molecule has 0 saturated carbocycles. The summed E-state index contributed by atoms with van der Waals surface area (Å²) in [6.45, 7) is 3.32. The van der Waals surface area contributed by atoms with Gasteiger partial charge < -0.3 is 0 Å². The zero-order chi connectivity index (χ0) is 14.8. The number of hydrogen-bond donors (Lipinski definition) is 1. The maximum absolute atomic E-state index is 12.1. The molecule has 0 aliphatic heterocycles. The van der Waals surface area contributed by atoms with Crippen molar-refractivity contribution in [3.63, 3.8) is 0 Å². The molecule has 0 aliphatic rings. The zero-order valence-corrected chi connectivity index (χ0v) is 12.1. The number of nitrogens with zero attached hydrogens (tertiary/aromatic N) is 1. The molecule has 1 aromatic carbocycles. The van der Waals surface area contributed by atoms with Crippen LogP contribution >= 0.6 is 0 Å². The number of amides is 1. The summed E-state index contributed by atoms with van der Waals surface area (Å²) in [6, 6.07) is 8.99. The van der Waals surface area contributed by atoms with Crippen molar-refractivity contribution < 1.29 is 13.2 Å². The van der Waals surface area contributed by atoms with Crippen LogP contribution in [0.15, 0.2) is 36.5 Å². The van der Waals surface area contributed by atoms with E-state index >= 15 is 0 Å². The third-order valence-electron chi connectivity index (χ3n) is 3.23. The van der Waals surface area contributed by atoms with Crippen molar-refractivity contribution in [3.05, 3.63) is 42.2 Å². The van der Waals surface area contributed by atoms with Gasteiger partial charge in [0.1, 0.15) is 5.69 Å². The van der Waals surface area contributed by atoms with Gasteiger partial charge in [0, 0.05) is 11.6 Å². The molecule has 2 aromatic rings. The standard InChI is InChI=1S/C14H16N2O3S/c1-3-10(2)20(18,19)16-14(17)13-12-7-5-4-6-11(12)8-9-15-13/h4-10H,3H2,1-2H3,(H,16,17). The van der Waals surface area contributed by atoms with Crippen molar-refractivity contribution >= 4 is 26.7 Å². The average molecular weight is 292 g/mol. The summed E-state index contributed by atoms with van der Waals surface area (Å²) in [5.74, 6) is -0.692. The molecule has 0 radical (unpaired) electrons. The zero-order valence-electron chi connectivity index (χ0n) is 11.3. The Morgan fingerprint density at radius 1 is 1.30 bits per heavy atom. The Kier molecular flexibility index (Phi) is 4.04. The number of aromatic nitrogens is 1. The maximum atomic E-state index is 12.1. The molecule has 1 amide bonds. The fraction of sp³-hybridized carbons (Fsp3) is 0.286. The maximum Gasteiger partial charge on any atom is 0.283 e. The second-order valence-electron chi connectivity index (χ2n) is 4.58. The number of fused-ring (bicyclic) bond motifs is 1. The van der Waals surface area contributed by atoms with Crippen LogP contribution in [0, 0.1) is 0 Å². The van der Waals surface area contributed by atoms with Crippen molar-refractivity contribution in [2.45, 2.75) is 25.5 Å². The molecule has 5 nitrogen and oxygen atoms in total. The lowest BCUT2D eigenvalue weighted by Gasteiger charge is -2.12. The van der Waals surface area contributed by atoms with Crippen LogP contribution in [0.25, 0.3) is 10.8 Å². The molecule has 0 saturated heterocycles. The SMILES string of the molecule is CCC(C)S(=O)(=O)NC(=O)c1nccc2ccccc12. The first kappa shape index (κ1) is 14.5. The van der Waals surface area contributed by atoms with Crippen LogP contribution in [-0.2, 0) is 10.0 Å². The van der Waals surface area contributed by atoms with Gasteiger partial charge >= 0.3 is 0 Å². The van der Waals surface area contributed by atoms with Crippen molar-refractivity contribution in [1.82, 2.24) is 9.71 Å². The van der Waals surface area contributed by atoms with Gasteiger partial charge in [-0.1, -0.05) is 31.2 Å². The Bertz CT molecular complexity index is 736. The predicted octanol–water partition coefficient (Wildman–Crippen LogP) is 2.09. The van der Waals surface area contributed by atoms with E-state index in [-0.39, 0.29) is 5.69 Å². The fourth-order valence-corrected chi connectivity index (χ4v) is 2.79.